The number of aromatic nitrogens is 1. The summed E-state index contributed by atoms with van der Waals surface area (Å²) in [7, 11) is -3.19. The fourth-order valence-corrected chi connectivity index (χ4v) is 4.00. The number of carbonyl (C=O) groups excluding carboxylic acids is 1. The van der Waals surface area contributed by atoms with Crippen LogP contribution in [0.25, 0.3) is 0 Å². The molecule has 1 saturated heterocycles. The maximum absolute atomic E-state index is 12.6. The highest BCUT2D eigenvalue weighted by atomic mass is 32.2. The molecule has 2 heterocycles. The third-order valence-corrected chi connectivity index (χ3v) is 5.91. The Hall–Kier alpha value is -2.25. The average Bonchev–Trinajstić information content (AvgIpc) is 2.63. The molecule has 0 bridgehead atoms. The van der Waals surface area contributed by atoms with Gasteiger partial charge in [-0.1, -0.05) is 36.4 Å². The summed E-state index contributed by atoms with van der Waals surface area (Å²) in [5.74, 6) is -0.399. The van der Waals surface area contributed by atoms with Crippen molar-refractivity contribution in [3.05, 3.63) is 65.8 Å². The number of pyridine rings is 1. The molecule has 1 fully saturated rings. The second kappa shape index (κ2) is 7.97. The van der Waals surface area contributed by atoms with Crippen LogP contribution >= 0.6 is 0 Å². The molecule has 26 heavy (non-hydrogen) atoms. The maximum atomic E-state index is 12.6. The van der Waals surface area contributed by atoms with Gasteiger partial charge in [-0.25, -0.2) is 12.7 Å². The minimum atomic E-state index is -3.19. The van der Waals surface area contributed by atoms with Crippen LogP contribution in [0.2, 0.25) is 0 Å². The van der Waals surface area contributed by atoms with Gasteiger partial charge in [0.1, 0.15) is 5.49 Å². The third-order valence-electron chi connectivity index (χ3n) is 4.61. The summed E-state index contributed by atoms with van der Waals surface area (Å²) in [5, 5.41) is 0. The van der Waals surface area contributed by atoms with Crippen molar-refractivity contribution in [1.29, 1.82) is 0 Å². The number of benzene rings is 1. The Morgan fingerprint density at radius 1 is 1.08 bits per heavy atom. The Kier molecular flexibility index (Phi) is 5.68. The first kappa shape index (κ1) is 18.5. The summed E-state index contributed by atoms with van der Waals surface area (Å²) in [4.78, 5) is 16.9. The van der Waals surface area contributed by atoms with E-state index in [0.717, 1.165) is 5.56 Å². The van der Waals surface area contributed by atoms with Crippen LogP contribution in [0.4, 0.5) is 0 Å². The highest BCUT2D eigenvalue weighted by Crippen LogP contribution is 2.20. The van der Waals surface area contributed by atoms with Crippen LogP contribution in [-0.2, 0) is 21.4 Å². The summed E-state index contributed by atoms with van der Waals surface area (Å²) in [5.41, 5.74) is 1.75. The molecular weight excluding hydrogens is 350 g/mol. The number of nitrogens with zero attached hydrogens (tertiary/aromatic N) is 3. The van der Waals surface area contributed by atoms with Crippen molar-refractivity contribution in [3.63, 3.8) is 0 Å². The van der Waals surface area contributed by atoms with Gasteiger partial charge < -0.3 is 4.57 Å². The van der Waals surface area contributed by atoms with Gasteiger partial charge in [0.15, 0.2) is 0 Å². The van der Waals surface area contributed by atoms with Crippen molar-refractivity contribution in [2.45, 2.75) is 19.4 Å². The first-order chi connectivity index (χ1) is 12.4. The lowest BCUT2D eigenvalue weighted by atomic mass is 9.97. The van der Waals surface area contributed by atoms with Gasteiger partial charge in [-0.15, -0.1) is 0 Å². The topological polar surface area (TPSA) is 71.7 Å². The Morgan fingerprint density at radius 2 is 1.73 bits per heavy atom. The van der Waals surface area contributed by atoms with E-state index >= 15 is 0 Å². The van der Waals surface area contributed by atoms with Gasteiger partial charge >= 0.3 is 0 Å². The van der Waals surface area contributed by atoms with E-state index in [2.05, 4.69) is 4.99 Å². The zero-order chi connectivity index (χ0) is 18.6. The standard InChI is InChI=1S/C19H23N3O3S/c1-26(24,25)22-13-10-17(11-14-22)19(23)20-18-9-5-6-12-21(18)15-16-7-3-2-4-8-16/h2-9,12,17H,10-11,13-15H2,1H3. The number of carbonyl (C=O) groups is 1. The Labute approximate surface area is 153 Å². The molecule has 1 aromatic heterocycles. The molecule has 0 radical (unpaired) electrons. The number of rotatable bonds is 4. The molecule has 1 amide bonds. The van der Waals surface area contributed by atoms with Crippen molar-refractivity contribution in [2.24, 2.45) is 10.9 Å². The summed E-state index contributed by atoms with van der Waals surface area (Å²) >= 11 is 0. The monoisotopic (exact) mass is 373 g/mol. The first-order valence-corrected chi connectivity index (χ1v) is 10.5. The predicted octanol–water partition coefficient (Wildman–Crippen LogP) is 1.64. The van der Waals surface area contributed by atoms with Crippen molar-refractivity contribution < 1.29 is 13.2 Å². The molecule has 6 nitrogen and oxygen atoms in total. The lowest BCUT2D eigenvalue weighted by molar-refractivity contribution is -0.122. The molecule has 0 unspecified atom stereocenters. The molecule has 0 N–H and O–H groups in total. The second-order valence-corrected chi connectivity index (χ2v) is 8.54. The molecule has 0 aliphatic carbocycles. The lowest BCUT2D eigenvalue weighted by Crippen LogP contribution is -2.39. The van der Waals surface area contributed by atoms with Gasteiger partial charge in [0.2, 0.25) is 10.0 Å². The molecule has 0 saturated carbocycles. The van der Waals surface area contributed by atoms with Crippen molar-refractivity contribution in [1.82, 2.24) is 8.87 Å². The van der Waals surface area contributed by atoms with Crippen LogP contribution in [0.5, 0.6) is 0 Å². The van der Waals surface area contributed by atoms with Crippen LogP contribution < -0.4 is 5.49 Å². The largest absolute Gasteiger partial charge is 0.328 e. The van der Waals surface area contributed by atoms with Gasteiger partial charge in [-0.3, -0.25) is 4.79 Å². The van der Waals surface area contributed by atoms with Gasteiger partial charge in [0.05, 0.1) is 6.26 Å². The number of amides is 1. The number of piperidine rings is 1. The van der Waals surface area contributed by atoms with Crippen molar-refractivity contribution in [3.8, 4) is 0 Å². The summed E-state index contributed by atoms with van der Waals surface area (Å²) in [6, 6.07) is 15.6. The highest BCUT2D eigenvalue weighted by molar-refractivity contribution is 7.88. The van der Waals surface area contributed by atoms with Crippen LogP contribution in [0, 0.1) is 5.92 Å². The minimum Gasteiger partial charge on any atom is -0.328 e. The Morgan fingerprint density at radius 3 is 2.38 bits per heavy atom. The summed E-state index contributed by atoms with van der Waals surface area (Å²) in [6.07, 6.45) is 4.14. The van der Waals surface area contributed by atoms with Gasteiger partial charge in [-0.05, 0) is 30.5 Å². The lowest BCUT2D eigenvalue weighted by Gasteiger charge is -2.28. The molecule has 7 heteroatoms. The van der Waals surface area contributed by atoms with Crippen LogP contribution in [-0.4, -0.2) is 42.5 Å². The predicted molar refractivity (Wildman–Crippen MR) is 99.7 cm³/mol. The minimum absolute atomic E-state index is 0.175. The van der Waals surface area contributed by atoms with E-state index < -0.39 is 10.0 Å². The maximum Gasteiger partial charge on any atom is 0.250 e. The second-order valence-electron chi connectivity index (χ2n) is 6.56. The van der Waals surface area contributed by atoms with E-state index in [1.54, 1.807) is 0 Å². The van der Waals surface area contributed by atoms with E-state index in [1.807, 2.05) is 59.3 Å². The Balaban J connectivity index is 1.75. The van der Waals surface area contributed by atoms with Crippen LogP contribution in [0.15, 0.2) is 59.7 Å². The third kappa shape index (κ3) is 4.68. The SMILES string of the molecule is CS(=O)(=O)N1CCC(C(=O)N=c2ccccn2Cc2ccccc2)CC1. The fourth-order valence-electron chi connectivity index (χ4n) is 3.12. The first-order valence-electron chi connectivity index (χ1n) is 8.66. The molecule has 1 aromatic carbocycles. The quantitative estimate of drug-likeness (QED) is 0.818. The number of hydrogen-bond donors (Lipinski definition) is 0. The van der Waals surface area contributed by atoms with Gasteiger partial charge in [0, 0.05) is 31.7 Å². The molecular formula is C19H23N3O3S. The van der Waals surface area contributed by atoms with Crippen molar-refractivity contribution in [2.75, 3.05) is 19.3 Å². The highest BCUT2D eigenvalue weighted by Gasteiger charge is 2.28. The van der Waals surface area contributed by atoms with E-state index in [9.17, 15) is 13.2 Å². The molecule has 1 aliphatic heterocycles. The molecule has 138 valence electrons. The molecule has 1 aliphatic rings. The van der Waals surface area contributed by atoms with E-state index in [-0.39, 0.29) is 11.8 Å². The normalized spacial score (nSPS) is 17.3. The van der Waals surface area contributed by atoms with Gasteiger partial charge in [-0.2, -0.15) is 4.99 Å². The summed E-state index contributed by atoms with van der Waals surface area (Å²) in [6.45, 7) is 1.40. The average molecular weight is 373 g/mol. The fraction of sp³-hybridized carbons (Fsp3) is 0.368. The molecule has 0 atom stereocenters. The zero-order valence-electron chi connectivity index (χ0n) is 14.8. The Bertz CT molecular complexity index is 928. The van der Waals surface area contributed by atoms with Crippen LogP contribution in [0.1, 0.15) is 18.4 Å². The van der Waals surface area contributed by atoms with Gasteiger partial charge in [0.25, 0.3) is 5.91 Å². The van der Waals surface area contributed by atoms with E-state index in [0.29, 0.717) is 38.0 Å². The number of hydrogen-bond acceptors (Lipinski definition) is 3. The number of sulfonamides is 1. The van der Waals surface area contributed by atoms with E-state index in [1.165, 1.54) is 10.6 Å². The van der Waals surface area contributed by atoms with E-state index in [4.69, 9.17) is 0 Å². The smallest absolute Gasteiger partial charge is 0.250 e. The van der Waals surface area contributed by atoms with Crippen molar-refractivity contribution >= 4 is 15.9 Å². The molecule has 3 rings (SSSR count). The molecule has 2 aromatic rings. The summed E-state index contributed by atoms with van der Waals surface area (Å²) < 4.78 is 26.5. The van der Waals surface area contributed by atoms with Crippen LogP contribution in [0.3, 0.4) is 0 Å². The zero-order valence-corrected chi connectivity index (χ0v) is 15.6. The molecule has 0 spiro atoms.